The number of hydrogen-bond acceptors (Lipinski definition) is 2. The lowest BCUT2D eigenvalue weighted by Crippen LogP contribution is -2.57. The van der Waals surface area contributed by atoms with Gasteiger partial charge in [0.25, 0.3) is 6.71 Å². The zero-order valence-electron chi connectivity index (χ0n) is 22.1. The lowest BCUT2D eigenvalue weighted by Gasteiger charge is -2.34. The Morgan fingerprint density at radius 3 is 1.95 bits per heavy atom. The van der Waals surface area contributed by atoms with Crippen molar-refractivity contribution in [2.75, 3.05) is 0 Å². The molecule has 8 rings (SSSR count). The average molecular weight is 512 g/mol. The summed E-state index contributed by atoms with van der Waals surface area (Å²) in [5.74, 6) is 3.52. The molecule has 3 heteroatoms. The van der Waals surface area contributed by atoms with E-state index in [-0.39, 0.29) is 6.71 Å². The monoisotopic (exact) mass is 512 g/mol. The zero-order chi connectivity index (χ0) is 26.6. The van der Waals surface area contributed by atoms with Crippen molar-refractivity contribution in [3.8, 4) is 56.4 Å². The summed E-state index contributed by atoms with van der Waals surface area (Å²) in [5, 5.41) is 0. The average Bonchev–Trinajstić information content (AvgIpc) is 3.01. The SMILES string of the molecule is Cc1ccccc1-c1ccc2c(c1)Oc1ccc(-c3ccccc3)c3c1B2c1cc(-c2ccccc2)ccc1O3. The molecule has 0 spiro atoms. The lowest BCUT2D eigenvalue weighted by molar-refractivity contribution is 0.466. The van der Waals surface area contributed by atoms with Gasteiger partial charge < -0.3 is 9.47 Å². The predicted octanol–water partition coefficient (Wildman–Crippen LogP) is 7.72. The highest BCUT2D eigenvalue weighted by Crippen LogP contribution is 2.42. The second kappa shape index (κ2) is 9.03. The molecule has 0 N–H and O–H groups in total. The van der Waals surface area contributed by atoms with Crippen LogP contribution in [-0.4, -0.2) is 6.71 Å². The van der Waals surface area contributed by atoms with E-state index in [1.807, 2.05) is 6.07 Å². The van der Waals surface area contributed by atoms with E-state index >= 15 is 0 Å². The van der Waals surface area contributed by atoms with Gasteiger partial charge in [0.15, 0.2) is 0 Å². The number of aryl methyl sites for hydroxylation is 1. The molecule has 2 nitrogen and oxygen atoms in total. The van der Waals surface area contributed by atoms with Gasteiger partial charge in [-0.1, -0.05) is 109 Å². The molecule has 2 aliphatic rings. The molecule has 0 aliphatic carbocycles. The van der Waals surface area contributed by atoms with Crippen LogP contribution >= 0.6 is 0 Å². The van der Waals surface area contributed by atoms with Gasteiger partial charge in [0, 0.05) is 11.0 Å². The number of fused-ring (bicyclic) bond motifs is 4. The van der Waals surface area contributed by atoms with Crippen molar-refractivity contribution in [2.24, 2.45) is 0 Å². The molecule has 6 aromatic carbocycles. The zero-order valence-corrected chi connectivity index (χ0v) is 22.1. The van der Waals surface area contributed by atoms with Gasteiger partial charge in [-0.3, -0.25) is 0 Å². The van der Waals surface area contributed by atoms with E-state index < -0.39 is 0 Å². The number of benzene rings is 6. The molecule has 2 aliphatic heterocycles. The fourth-order valence-corrected chi connectivity index (χ4v) is 6.21. The van der Waals surface area contributed by atoms with Gasteiger partial charge in [-0.25, -0.2) is 0 Å². The molecule has 0 fully saturated rings. The first kappa shape index (κ1) is 22.9. The van der Waals surface area contributed by atoms with Gasteiger partial charge in [-0.15, -0.1) is 0 Å². The van der Waals surface area contributed by atoms with Crippen molar-refractivity contribution in [3.05, 3.63) is 139 Å². The molecule has 0 saturated heterocycles. The van der Waals surface area contributed by atoms with E-state index in [1.165, 1.54) is 22.3 Å². The first-order chi connectivity index (χ1) is 19.7. The molecule has 0 unspecified atom stereocenters. The van der Waals surface area contributed by atoms with Crippen molar-refractivity contribution >= 4 is 23.1 Å². The Morgan fingerprint density at radius 1 is 0.450 bits per heavy atom. The molecule has 0 saturated carbocycles. The summed E-state index contributed by atoms with van der Waals surface area (Å²) in [4.78, 5) is 0. The third-order valence-electron chi connectivity index (χ3n) is 8.17. The van der Waals surface area contributed by atoms with Gasteiger partial charge in [-0.05, 0) is 75.5 Å². The fourth-order valence-electron chi connectivity index (χ4n) is 6.21. The molecule has 0 aromatic heterocycles. The Hall–Kier alpha value is -5.02. The first-order valence-electron chi connectivity index (χ1n) is 13.7. The van der Waals surface area contributed by atoms with Crippen LogP contribution < -0.4 is 25.9 Å². The molecule has 0 atom stereocenters. The van der Waals surface area contributed by atoms with E-state index in [0.29, 0.717) is 0 Å². The van der Waals surface area contributed by atoms with Crippen LogP contribution in [0.4, 0.5) is 0 Å². The Balaban J connectivity index is 1.36. The van der Waals surface area contributed by atoms with Gasteiger partial charge in [-0.2, -0.15) is 0 Å². The third-order valence-corrected chi connectivity index (χ3v) is 8.17. The molecule has 0 bridgehead atoms. The van der Waals surface area contributed by atoms with Crippen molar-refractivity contribution in [1.29, 1.82) is 0 Å². The summed E-state index contributed by atoms with van der Waals surface area (Å²) in [5.41, 5.74) is 11.6. The van der Waals surface area contributed by atoms with Crippen LogP contribution in [0.5, 0.6) is 23.0 Å². The van der Waals surface area contributed by atoms with Crippen LogP contribution in [0.25, 0.3) is 33.4 Å². The third kappa shape index (κ3) is 3.59. The largest absolute Gasteiger partial charge is 0.458 e. The highest BCUT2D eigenvalue weighted by atomic mass is 16.5. The van der Waals surface area contributed by atoms with Crippen LogP contribution in [0.15, 0.2) is 133 Å². The summed E-state index contributed by atoms with van der Waals surface area (Å²) in [7, 11) is 0. The molecular formula is C37H25BO2. The maximum atomic E-state index is 6.74. The number of hydrogen-bond donors (Lipinski definition) is 0. The van der Waals surface area contributed by atoms with E-state index in [9.17, 15) is 0 Å². The van der Waals surface area contributed by atoms with Crippen LogP contribution in [0, 0.1) is 6.92 Å². The summed E-state index contributed by atoms with van der Waals surface area (Å²) in [6.45, 7) is 2.15. The van der Waals surface area contributed by atoms with Crippen molar-refractivity contribution in [2.45, 2.75) is 6.92 Å². The van der Waals surface area contributed by atoms with Gasteiger partial charge >= 0.3 is 0 Å². The van der Waals surface area contributed by atoms with E-state index in [2.05, 4.69) is 134 Å². The van der Waals surface area contributed by atoms with Crippen molar-refractivity contribution in [1.82, 2.24) is 0 Å². The minimum absolute atomic E-state index is 0.00394. The van der Waals surface area contributed by atoms with Gasteiger partial charge in [0.1, 0.15) is 23.0 Å². The lowest BCUT2D eigenvalue weighted by atomic mass is 9.34. The Labute approximate surface area is 234 Å². The normalized spacial score (nSPS) is 12.5. The number of ether oxygens (including phenoxy) is 2. The highest BCUT2D eigenvalue weighted by Gasteiger charge is 2.41. The first-order valence-corrected chi connectivity index (χ1v) is 13.7. The summed E-state index contributed by atoms with van der Waals surface area (Å²) in [6.07, 6.45) is 0. The number of rotatable bonds is 3. The second-order valence-corrected chi connectivity index (χ2v) is 10.5. The minimum Gasteiger partial charge on any atom is -0.458 e. The fraction of sp³-hybridized carbons (Fsp3) is 0.0270. The smallest absolute Gasteiger partial charge is 0.260 e. The summed E-state index contributed by atoms with van der Waals surface area (Å²) in [6, 6.07) is 47.0. The molecule has 0 amide bonds. The molecule has 6 aromatic rings. The predicted molar refractivity (Wildman–Crippen MR) is 165 cm³/mol. The van der Waals surface area contributed by atoms with Crippen LogP contribution in [0.3, 0.4) is 0 Å². The maximum absolute atomic E-state index is 6.74. The molecule has 40 heavy (non-hydrogen) atoms. The Bertz CT molecular complexity index is 1910. The standard InChI is InChI=1S/C37H25BO2/c1-24-10-8-9-15-29(24)28-16-19-31-35(23-28)39-34-21-18-30(26-13-6-3-7-14-26)37-36(34)38(31)32-22-27(17-20-33(32)40-37)25-11-4-2-5-12-25/h2-23H,1H3. The van der Waals surface area contributed by atoms with Gasteiger partial charge in [0.05, 0.1) is 0 Å². The maximum Gasteiger partial charge on any atom is 0.260 e. The Morgan fingerprint density at radius 2 is 1.15 bits per heavy atom. The van der Waals surface area contributed by atoms with E-state index in [4.69, 9.17) is 9.47 Å². The highest BCUT2D eigenvalue weighted by molar-refractivity contribution is 6.98. The minimum atomic E-state index is -0.00394. The summed E-state index contributed by atoms with van der Waals surface area (Å²) >= 11 is 0. The quantitative estimate of drug-likeness (QED) is 0.226. The van der Waals surface area contributed by atoms with E-state index in [1.54, 1.807) is 0 Å². The van der Waals surface area contributed by atoms with Crippen LogP contribution in [0.2, 0.25) is 0 Å². The van der Waals surface area contributed by atoms with Crippen molar-refractivity contribution in [3.63, 3.8) is 0 Å². The summed E-state index contributed by atoms with van der Waals surface area (Å²) < 4.78 is 13.4. The topological polar surface area (TPSA) is 18.5 Å². The van der Waals surface area contributed by atoms with Crippen LogP contribution in [0.1, 0.15) is 5.56 Å². The van der Waals surface area contributed by atoms with Crippen LogP contribution in [-0.2, 0) is 0 Å². The molecule has 0 radical (unpaired) electrons. The van der Waals surface area contributed by atoms with E-state index in [0.717, 1.165) is 56.1 Å². The van der Waals surface area contributed by atoms with Crippen molar-refractivity contribution < 1.29 is 9.47 Å². The molecule has 2 heterocycles. The second-order valence-electron chi connectivity index (χ2n) is 10.5. The molecular weight excluding hydrogens is 487 g/mol. The Kier molecular flexibility index (Phi) is 5.18. The van der Waals surface area contributed by atoms with Gasteiger partial charge in [0.2, 0.25) is 0 Å². The molecule has 188 valence electrons.